The van der Waals surface area contributed by atoms with E-state index in [2.05, 4.69) is 33.4 Å². The first kappa shape index (κ1) is 18.4. The Morgan fingerprint density at radius 1 is 1.33 bits per heavy atom. The van der Waals surface area contributed by atoms with Crippen LogP contribution in [-0.4, -0.2) is 44.1 Å². The van der Waals surface area contributed by atoms with Gasteiger partial charge in [-0.05, 0) is 46.5 Å². The third-order valence-corrected chi connectivity index (χ3v) is 3.62. The number of halogens is 1. The average molecular weight is 360 g/mol. The Hall–Kier alpha value is -0.620. The van der Waals surface area contributed by atoms with E-state index >= 15 is 0 Å². The highest BCUT2D eigenvalue weighted by molar-refractivity contribution is 9.10. The SMILES string of the molecule is COCCCc1ccc(OCC(O)CNC(C)C)c(Br)c1. The van der Waals surface area contributed by atoms with Crippen LogP contribution in [0.25, 0.3) is 0 Å². The number of hydrogen-bond donors (Lipinski definition) is 2. The van der Waals surface area contributed by atoms with Gasteiger partial charge in [0.05, 0.1) is 4.47 Å². The lowest BCUT2D eigenvalue weighted by molar-refractivity contribution is 0.104. The smallest absolute Gasteiger partial charge is 0.133 e. The molecule has 120 valence electrons. The quantitative estimate of drug-likeness (QED) is 0.630. The molecule has 0 aliphatic carbocycles. The lowest BCUT2D eigenvalue weighted by Crippen LogP contribution is -2.35. The maximum atomic E-state index is 9.83. The monoisotopic (exact) mass is 359 g/mol. The average Bonchev–Trinajstić information content (AvgIpc) is 2.44. The molecule has 1 rings (SSSR count). The molecule has 0 amide bonds. The zero-order valence-corrected chi connectivity index (χ0v) is 14.6. The molecule has 21 heavy (non-hydrogen) atoms. The van der Waals surface area contributed by atoms with E-state index in [1.165, 1.54) is 5.56 Å². The summed E-state index contributed by atoms with van der Waals surface area (Å²) < 4.78 is 11.6. The second-order valence-electron chi connectivity index (χ2n) is 5.39. The Bertz CT molecular complexity index is 413. The Balaban J connectivity index is 2.41. The van der Waals surface area contributed by atoms with E-state index in [-0.39, 0.29) is 6.61 Å². The van der Waals surface area contributed by atoms with Crippen molar-refractivity contribution in [3.63, 3.8) is 0 Å². The van der Waals surface area contributed by atoms with E-state index in [0.29, 0.717) is 12.6 Å². The van der Waals surface area contributed by atoms with E-state index in [4.69, 9.17) is 9.47 Å². The number of methoxy groups -OCH3 is 1. The molecule has 0 saturated heterocycles. The molecule has 0 bridgehead atoms. The first-order valence-electron chi connectivity index (χ1n) is 7.34. The van der Waals surface area contributed by atoms with Crippen LogP contribution < -0.4 is 10.1 Å². The summed E-state index contributed by atoms with van der Waals surface area (Å²) in [6, 6.07) is 6.41. The van der Waals surface area contributed by atoms with Gasteiger partial charge in [0.25, 0.3) is 0 Å². The van der Waals surface area contributed by atoms with Gasteiger partial charge in [-0.2, -0.15) is 0 Å². The molecule has 0 aromatic heterocycles. The summed E-state index contributed by atoms with van der Waals surface area (Å²) in [5.74, 6) is 0.758. The molecule has 5 heteroatoms. The molecule has 0 spiro atoms. The molecule has 1 atom stereocenters. The van der Waals surface area contributed by atoms with Crippen LogP contribution in [0.15, 0.2) is 22.7 Å². The van der Waals surface area contributed by atoms with Gasteiger partial charge in [-0.25, -0.2) is 0 Å². The van der Waals surface area contributed by atoms with Crippen LogP contribution in [0.5, 0.6) is 5.75 Å². The molecule has 0 aliphatic heterocycles. The number of hydrogen-bond acceptors (Lipinski definition) is 4. The van der Waals surface area contributed by atoms with Crippen LogP contribution in [0, 0.1) is 0 Å². The Morgan fingerprint density at radius 2 is 2.10 bits per heavy atom. The minimum atomic E-state index is -0.513. The fraction of sp³-hybridized carbons (Fsp3) is 0.625. The number of aliphatic hydroxyl groups excluding tert-OH is 1. The number of rotatable bonds is 10. The summed E-state index contributed by atoms with van der Waals surface area (Å²) in [4.78, 5) is 0. The molecular formula is C16H26BrNO3. The van der Waals surface area contributed by atoms with Gasteiger partial charge in [0.1, 0.15) is 18.5 Å². The summed E-state index contributed by atoms with van der Waals surface area (Å²) in [6.45, 7) is 5.68. The maximum absolute atomic E-state index is 9.83. The van der Waals surface area contributed by atoms with E-state index in [1.807, 2.05) is 19.9 Å². The Kier molecular flexibility index (Phi) is 8.92. The van der Waals surface area contributed by atoms with Crippen molar-refractivity contribution in [2.45, 2.75) is 38.8 Å². The van der Waals surface area contributed by atoms with Crippen molar-refractivity contribution in [3.05, 3.63) is 28.2 Å². The van der Waals surface area contributed by atoms with Gasteiger partial charge in [-0.1, -0.05) is 19.9 Å². The van der Waals surface area contributed by atoms with Gasteiger partial charge >= 0.3 is 0 Å². The van der Waals surface area contributed by atoms with Crippen LogP contribution in [0.3, 0.4) is 0 Å². The van der Waals surface area contributed by atoms with Gasteiger partial charge in [-0.15, -0.1) is 0 Å². The molecule has 0 fully saturated rings. The van der Waals surface area contributed by atoms with Crippen molar-refractivity contribution in [2.24, 2.45) is 0 Å². The molecule has 0 aliphatic rings. The van der Waals surface area contributed by atoms with Crippen molar-refractivity contribution in [2.75, 3.05) is 26.9 Å². The molecule has 1 unspecified atom stereocenters. The molecule has 2 N–H and O–H groups in total. The summed E-state index contributed by atoms with van der Waals surface area (Å²) in [5.41, 5.74) is 1.24. The lowest BCUT2D eigenvalue weighted by Gasteiger charge is -2.16. The van der Waals surface area contributed by atoms with E-state index in [0.717, 1.165) is 29.7 Å². The molecule has 1 aromatic rings. The van der Waals surface area contributed by atoms with Gasteiger partial charge in [0.15, 0.2) is 0 Å². The van der Waals surface area contributed by atoms with Gasteiger partial charge in [0.2, 0.25) is 0 Å². The highest BCUT2D eigenvalue weighted by Crippen LogP contribution is 2.26. The zero-order chi connectivity index (χ0) is 15.7. The summed E-state index contributed by atoms with van der Waals surface area (Å²) in [6.07, 6.45) is 1.47. The van der Waals surface area contributed by atoms with Gasteiger partial charge < -0.3 is 19.9 Å². The van der Waals surface area contributed by atoms with Crippen LogP contribution in [0.2, 0.25) is 0 Å². The standard InChI is InChI=1S/C16H26BrNO3/c1-12(2)18-10-14(19)11-21-16-7-6-13(9-15(16)17)5-4-8-20-3/h6-7,9,12,14,18-19H,4-5,8,10-11H2,1-3H3. The maximum Gasteiger partial charge on any atom is 0.133 e. The third-order valence-electron chi connectivity index (χ3n) is 3.00. The van der Waals surface area contributed by atoms with Crippen molar-refractivity contribution in [3.8, 4) is 5.75 Å². The highest BCUT2D eigenvalue weighted by Gasteiger charge is 2.08. The van der Waals surface area contributed by atoms with Crippen LogP contribution in [-0.2, 0) is 11.2 Å². The highest BCUT2D eigenvalue weighted by atomic mass is 79.9. The van der Waals surface area contributed by atoms with Crippen LogP contribution in [0.1, 0.15) is 25.8 Å². The minimum Gasteiger partial charge on any atom is -0.490 e. The second kappa shape index (κ2) is 10.2. The van der Waals surface area contributed by atoms with Crippen LogP contribution >= 0.6 is 15.9 Å². The predicted octanol–water partition coefficient (Wildman–Crippen LogP) is 2.77. The number of nitrogens with one attached hydrogen (secondary N) is 1. The number of ether oxygens (including phenoxy) is 2. The second-order valence-corrected chi connectivity index (χ2v) is 6.24. The molecule has 0 radical (unpaired) electrons. The summed E-state index contributed by atoms with van der Waals surface area (Å²) in [5, 5.41) is 13.0. The number of aliphatic hydroxyl groups is 1. The topological polar surface area (TPSA) is 50.7 Å². The molecule has 0 saturated carbocycles. The normalized spacial score (nSPS) is 12.7. The zero-order valence-electron chi connectivity index (χ0n) is 13.1. The van der Waals surface area contributed by atoms with E-state index in [1.54, 1.807) is 7.11 Å². The van der Waals surface area contributed by atoms with Gasteiger partial charge in [-0.3, -0.25) is 0 Å². The number of benzene rings is 1. The predicted molar refractivity (Wildman–Crippen MR) is 89.0 cm³/mol. The van der Waals surface area contributed by atoms with E-state index < -0.39 is 6.10 Å². The first-order chi connectivity index (χ1) is 10.0. The van der Waals surface area contributed by atoms with Crippen molar-refractivity contribution in [1.29, 1.82) is 0 Å². The fourth-order valence-corrected chi connectivity index (χ4v) is 2.39. The van der Waals surface area contributed by atoms with Crippen LogP contribution in [0.4, 0.5) is 0 Å². The van der Waals surface area contributed by atoms with E-state index in [9.17, 15) is 5.11 Å². The Labute approximate surface area is 136 Å². The minimum absolute atomic E-state index is 0.279. The first-order valence-corrected chi connectivity index (χ1v) is 8.13. The third kappa shape index (κ3) is 7.81. The van der Waals surface area contributed by atoms with Crippen molar-refractivity contribution >= 4 is 15.9 Å². The largest absolute Gasteiger partial charge is 0.490 e. The summed E-state index contributed by atoms with van der Waals surface area (Å²) in [7, 11) is 1.71. The molecule has 1 aromatic carbocycles. The number of aryl methyl sites for hydroxylation is 1. The van der Waals surface area contributed by atoms with Gasteiger partial charge in [0, 0.05) is 26.3 Å². The van der Waals surface area contributed by atoms with Crippen molar-refractivity contribution < 1.29 is 14.6 Å². The Morgan fingerprint density at radius 3 is 2.71 bits per heavy atom. The molecule has 0 heterocycles. The summed E-state index contributed by atoms with van der Waals surface area (Å²) >= 11 is 3.51. The fourth-order valence-electron chi connectivity index (χ4n) is 1.85. The van der Waals surface area contributed by atoms with Crippen molar-refractivity contribution in [1.82, 2.24) is 5.32 Å². The molecular weight excluding hydrogens is 334 g/mol. The molecule has 4 nitrogen and oxygen atoms in total. The lowest BCUT2D eigenvalue weighted by atomic mass is 10.1.